The first-order valence-electron chi connectivity index (χ1n) is 13.3. The molecule has 5 atom stereocenters. The van der Waals surface area contributed by atoms with Gasteiger partial charge in [-0.2, -0.15) is 0 Å². The fourth-order valence-corrected chi connectivity index (χ4v) is 3.79. The molecular formula is C26H42N8O7. The first-order valence-corrected chi connectivity index (χ1v) is 13.3. The van der Waals surface area contributed by atoms with Gasteiger partial charge in [0.25, 0.3) is 0 Å². The number of aromatic hydroxyl groups is 1. The molecular weight excluding hydrogens is 536 g/mol. The maximum absolute atomic E-state index is 13.3. The normalized spacial score (nSPS) is 14.4. The Balaban J connectivity index is 3.00. The van der Waals surface area contributed by atoms with E-state index in [4.69, 9.17) is 22.9 Å². The van der Waals surface area contributed by atoms with Crippen molar-refractivity contribution in [2.45, 2.75) is 76.5 Å². The molecule has 0 spiro atoms. The number of aliphatic carboxylic acids is 1. The van der Waals surface area contributed by atoms with Crippen LogP contribution in [0.15, 0.2) is 29.3 Å². The highest BCUT2D eigenvalue weighted by Gasteiger charge is 2.32. The molecule has 4 amide bonds. The lowest BCUT2D eigenvalue weighted by molar-refractivity contribution is -0.143. The van der Waals surface area contributed by atoms with Gasteiger partial charge in [-0.15, -0.1) is 0 Å². The topological polar surface area (TPSA) is 278 Å². The van der Waals surface area contributed by atoms with Crippen LogP contribution in [0.2, 0.25) is 0 Å². The van der Waals surface area contributed by atoms with E-state index in [1.807, 2.05) is 0 Å². The van der Waals surface area contributed by atoms with E-state index >= 15 is 0 Å². The summed E-state index contributed by atoms with van der Waals surface area (Å²) in [6.45, 7) is 3.66. The number of nitrogens with zero attached hydrogens (tertiary/aromatic N) is 1. The van der Waals surface area contributed by atoms with E-state index in [0.717, 1.165) is 0 Å². The van der Waals surface area contributed by atoms with Crippen molar-refractivity contribution in [1.29, 1.82) is 0 Å². The fourth-order valence-electron chi connectivity index (χ4n) is 3.79. The van der Waals surface area contributed by atoms with Gasteiger partial charge in [0.2, 0.25) is 23.6 Å². The number of carboxylic acids is 1. The van der Waals surface area contributed by atoms with Crippen molar-refractivity contribution < 1.29 is 34.2 Å². The number of hydrogen-bond donors (Lipinski definition) is 9. The van der Waals surface area contributed by atoms with Crippen molar-refractivity contribution >= 4 is 35.6 Å². The van der Waals surface area contributed by atoms with Gasteiger partial charge in [0, 0.05) is 13.0 Å². The van der Waals surface area contributed by atoms with Gasteiger partial charge in [-0.3, -0.25) is 24.2 Å². The maximum Gasteiger partial charge on any atom is 0.326 e. The molecule has 0 aliphatic rings. The zero-order valence-electron chi connectivity index (χ0n) is 23.3. The van der Waals surface area contributed by atoms with E-state index in [0.29, 0.717) is 12.0 Å². The molecule has 0 radical (unpaired) electrons. The Kier molecular flexibility index (Phi) is 14.6. The highest BCUT2D eigenvalue weighted by atomic mass is 16.4. The first-order chi connectivity index (χ1) is 19.2. The van der Waals surface area contributed by atoms with Gasteiger partial charge in [-0.25, -0.2) is 4.79 Å². The molecule has 0 saturated heterocycles. The number of phenolic OH excluding ortho intramolecular Hbond substituents is 1. The number of benzene rings is 1. The number of nitrogens with two attached hydrogens (primary N) is 4. The van der Waals surface area contributed by atoms with Crippen molar-refractivity contribution in [1.82, 2.24) is 16.0 Å². The van der Waals surface area contributed by atoms with Crippen molar-refractivity contribution in [3.05, 3.63) is 29.8 Å². The van der Waals surface area contributed by atoms with Crippen LogP contribution in [0.5, 0.6) is 5.75 Å². The Bertz CT molecular complexity index is 1080. The molecule has 41 heavy (non-hydrogen) atoms. The lowest BCUT2D eigenvalue weighted by Gasteiger charge is -2.28. The Labute approximate surface area is 238 Å². The van der Waals surface area contributed by atoms with Crippen molar-refractivity contribution in [2.75, 3.05) is 6.54 Å². The average molecular weight is 579 g/mol. The molecule has 228 valence electrons. The fraction of sp³-hybridized carbons (Fsp3) is 0.538. The number of guanidine groups is 1. The van der Waals surface area contributed by atoms with Gasteiger partial charge in [0.05, 0.1) is 6.04 Å². The predicted octanol–water partition coefficient (Wildman–Crippen LogP) is -1.83. The Hall–Kier alpha value is -4.40. The van der Waals surface area contributed by atoms with E-state index in [1.165, 1.54) is 12.1 Å². The van der Waals surface area contributed by atoms with Gasteiger partial charge in [0.15, 0.2) is 5.96 Å². The van der Waals surface area contributed by atoms with E-state index in [2.05, 4.69) is 20.9 Å². The van der Waals surface area contributed by atoms with Gasteiger partial charge in [-0.1, -0.05) is 32.4 Å². The van der Waals surface area contributed by atoms with Gasteiger partial charge < -0.3 is 49.1 Å². The number of rotatable bonds is 18. The molecule has 0 fully saturated rings. The van der Waals surface area contributed by atoms with E-state index < -0.39 is 59.7 Å². The largest absolute Gasteiger partial charge is 0.508 e. The lowest BCUT2D eigenvalue weighted by Crippen LogP contribution is -2.58. The Morgan fingerprint density at radius 2 is 1.51 bits per heavy atom. The second-order valence-electron chi connectivity index (χ2n) is 9.76. The first kappa shape index (κ1) is 34.6. The molecule has 13 N–H and O–H groups in total. The number of nitrogens with one attached hydrogen (secondary N) is 3. The van der Waals surface area contributed by atoms with Crippen LogP contribution in [0, 0.1) is 5.92 Å². The van der Waals surface area contributed by atoms with Gasteiger partial charge in [-0.05, 0) is 49.3 Å². The second-order valence-corrected chi connectivity index (χ2v) is 9.76. The minimum absolute atomic E-state index is 0.0369. The van der Waals surface area contributed by atoms with Crippen LogP contribution in [-0.4, -0.2) is 76.5 Å². The minimum Gasteiger partial charge on any atom is -0.508 e. The summed E-state index contributed by atoms with van der Waals surface area (Å²) < 4.78 is 0. The highest BCUT2D eigenvalue weighted by Crippen LogP contribution is 2.13. The van der Waals surface area contributed by atoms with Crippen LogP contribution in [0.3, 0.4) is 0 Å². The van der Waals surface area contributed by atoms with E-state index in [1.54, 1.807) is 26.0 Å². The number of hydrogen-bond acceptors (Lipinski definition) is 8. The molecule has 15 heteroatoms. The number of primary amides is 1. The van der Waals surface area contributed by atoms with Gasteiger partial charge in [0.1, 0.15) is 23.9 Å². The summed E-state index contributed by atoms with van der Waals surface area (Å²) in [4.78, 5) is 66.1. The zero-order chi connectivity index (χ0) is 31.1. The number of carboxylic acid groups (broad SMARTS) is 1. The quantitative estimate of drug-likeness (QED) is 0.0533. The third kappa shape index (κ3) is 13.0. The molecule has 0 bridgehead atoms. The number of carbonyl (C=O) groups excluding carboxylic acids is 4. The molecule has 0 aliphatic heterocycles. The second kappa shape index (κ2) is 17.3. The van der Waals surface area contributed by atoms with E-state index in [-0.39, 0.29) is 50.4 Å². The molecule has 0 aromatic heterocycles. The van der Waals surface area contributed by atoms with Crippen LogP contribution in [-0.2, 0) is 30.4 Å². The number of amides is 4. The SMILES string of the molecule is CCC(C)C(NC(=O)C(CCC(N)=O)NC(=O)C(N)Cc1ccc(O)cc1)C(=O)NC(CCCN=C(N)N)C(=O)O. The van der Waals surface area contributed by atoms with Crippen molar-refractivity contribution in [3.8, 4) is 5.75 Å². The molecule has 1 aromatic carbocycles. The van der Waals surface area contributed by atoms with Crippen molar-refractivity contribution in [3.63, 3.8) is 0 Å². The van der Waals surface area contributed by atoms with Crippen LogP contribution in [0.1, 0.15) is 51.5 Å². The molecule has 0 heterocycles. The molecule has 0 aliphatic carbocycles. The maximum atomic E-state index is 13.3. The van der Waals surface area contributed by atoms with E-state index in [9.17, 15) is 34.2 Å². The summed E-state index contributed by atoms with van der Waals surface area (Å²) in [6.07, 6.45) is 0.486. The van der Waals surface area contributed by atoms with Gasteiger partial charge >= 0.3 is 5.97 Å². The Morgan fingerprint density at radius 1 is 0.902 bits per heavy atom. The molecule has 5 unspecified atom stereocenters. The molecule has 15 nitrogen and oxygen atoms in total. The summed E-state index contributed by atoms with van der Waals surface area (Å²) in [7, 11) is 0. The number of phenols is 1. The summed E-state index contributed by atoms with van der Waals surface area (Å²) in [6, 6.07) is 1.36. The van der Waals surface area contributed by atoms with Crippen molar-refractivity contribution in [2.24, 2.45) is 33.8 Å². The molecule has 0 saturated carbocycles. The third-order valence-electron chi connectivity index (χ3n) is 6.39. The number of aliphatic imine (C=N–C) groups is 1. The Morgan fingerprint density at radius 3 is 2.05 bits per heavy atom. The highest BCUT2D eigenvalue weighted by molar-refractivity contribution is 5.94. The third-order valence-corrected chi connectivity index (χ3v) is 6.39. The lowest BCUT2D eigenvalue weighted by atomic mass is 9.96. The summed E-state index contributed by atoms with van der Waals surface area (Å²) in [5.74, 6) is -4.66. The van der Waals surface area contributed by atoms with Crippen LogP contribution < -0.4 is 38.9 Å². The molecule has 1 aromatic rings. The van der Waals surface area contributed by atoms with Crippen LogP contribution in [0.4, 0.5) is 0 Å². The molecule has 1 rings (SSSR count). The van der Waals surface area contributed by atoms with Crippen LogP contribution in [0.25, 0.3) is 0 Å². The zero-order valence-corrected chi connectivity index (χ0v) is 23.3. The smallest absolute Gasteiger partial charge is 0.326 e. The minimum atomic E-state index is -1.27. The summed E-state index contributed by atoms with van der Waals surface area (Å²) >= 11 is 0. The summed E-state index contributed by atoms with van der Waals surface area (Å²) in [5.41, 5.74) is 22.5. The standard InChI is InChI=1S/C26H42N8O7/c1-3-14(2)21(24(39)33-19(25(40)41)5-4-12-31-26(29)30)34-23(38)18(10-11-20(28)36)32-22(37)17(27)13-15-6-8-16(35)9-7-15/h6-9,14,17-19,21,35H,3-5,10-13,27H2,1-2H3,(H2,28,36)(H,32,37)(H,33,39)(H,34,38)(H,40,41)(H4,29,30,31). The summed E-state index contributed by atoms with van der Waals surface area (Å²) in [5, 5.41) is 26.5. The predicted molar refractivity (Wildman–Crippen MR) is 151 cm³/mol. The average Bonchev–Trinajstić information content (AvgIpc) is 2.91. The number of carbonyl (C=O) groups is 5. The van der Waals surface area contributed by atoms with Crippen LogP contribution >= 0.6 is 0 Å². The monoisotopic (exact) mass is 578 g/mol.